The van der Waals surface area contributed by atoms with Gasteiger partial charge in [0.25, 0.3) is 0 Å². The van der Waals surface area contributed by atoms with E-state index >= 15 is 0 Å². The smallest absolute Gasteiger partial charge is 0.192 e. The predicted octanol–water partition coefficient (Wildman–Crippen LogP) is 4.18. The molecule has 0 bridgehead atoms. The summed E-state index contributed by atoms with van der Waals surface area (Å²) in [6.45, 7) is 9.95. The molecule has 0 amide bonds. The molecule has 0 spiro atoms. The summed E-state index contributed by atoms with van der Waals surface area (Å²) in [5.41, 5.74) is 0. The van der Waals surface area contributed by atoms with E-state index in [2.05, 4.69) is 0 Å². The average molecular weight is 268 g/mol. The zero-order valence-electron chi connectivity index (χ0n) is 11.3. The highest BCUT2D eigenvalue weighted by Gasteiger charge is 2.46. The summed E-state index contributed by atoms with van der Waals surface area (Å²) in [4.78, 5) is 0. The van der Waals surface area contributed by atoms with E-state index in [4.69, 9.17) is 4.43 Å². The van der Waals surface area contributed by atoms with E-state index in [0.717, 1.165) is 0 Å². The van der Waals surface area contributed by atoms with E-state index < -0.39 is 32.9 Å². The topological polar surface area (TPSA) is 9.23 Å². The number of hydrogen-bond acceptors (Lipinski definition) is 1. The van der Waals surface area contributed by atoms with Gasteiger partial charge in [0.2, 0.25) is 0 Å². The van der Waals surface area contributed by atoms with Crippen LogP contribution in [0.25, 0.3) is 0 Å². The molecule has 1 aliphatic rings. The summed E-state index contributed by atoms with van der Waals surface area (Å²) < 4.78 is 46.1. The molecule has 17 heavy (non-hydrogen) atoms. The molecular weight excluding hydrogens is 245 g/mol. The fourth-order valence-corrected chi connectivity index (χ4v) is 3.07. The molecular formula is C12H23F3OSi. The first-order chi connectivity index (χ1) is 7.54. The normalized spacial score (nSPS) is 36.0. The zero-order chi connectivity index (χ0) is 13.4. The van der Waals surface area contributed by atoms with E-state index in [-0.39, 0.29) is 17.9 Å². The third-order valence-electron chi connectivity index (χ3n) is 3.91. The molecule has 1 rings (SSSR count). The SMILES string of the molecule is CC(C)(C)[Si](C)(C)OC1[C@H](F)CC(F)C[C@@H]1F. The number of alkyl halides is 3. The van der Waals surface area contributed by atoms with Crippen LogP contribution in [-0.4, -0.2) is 32.9 Å². The second-order valence-corrected chi connectivity index (χ2v) is 11.2. The van der Waals surface area contributed by atoms with Gasteiger partial charge in [-0.15, -0.1) is 0 Å². The van der Waals surface area contributed by atoms with Gasteiger partial charge in [0.15, 0.2) is 8.32 Å². The Balaban J connectivity index is 2.74. The molecule has 1 nitrogen and oxygen atoms in total. The Morgan fingerprint density at radius 1 is 1.00 bits per heavy atom. The molecule has 0 aromatic carbocycles. The molecule has 4 atom stereocenters. The molecule has 1 fully saturated rings. The van der Waals surface area contributed by atoms with Crippen LogP contribution in [0.1, 0.15) is 33.6 Å². The van der Waals surface area contributed by atoms with Gasteiger partial charge in [0.05, 0.1) is 0 Å². The van der Waals surface area contributed by atoms with Gasteiger partial charge in [-0.25, -0.2) is 13.2 Å². The van der Waals surface area contributed by atoms with Crippen LogP contribution in [0.2, 0.25) is 18.1 Å². The third kappa shape index (κ3) is 3.47. The molecule has 102 valence electrons. The van der Waals surface area contributed by atoms with E-state index in [1.165, 1.54) is 0 Å². The van der Waals surface area contributed by atoms with Crippen LogP contribution >= 0.6 is 0 Å². The number of halogens is 3. The second kappa shape index (κ2) is 4.92. The molecule has 0 radical (unpaired) electrons. The lowest BCUT2D eigenvalue weighted by atomic mass is 9.93. The Labute approximate surface area is 103 Å². The Morgan fingerprint density at radius 2 is 1.41 bits per heavy atom. The van der Waals surface area contributed by atoms with E-state index in [1.54, 1.807) is 0 Å². The lowest BCUT2D eigenvalue weighted by molar-refractivity contribution is -0.0336. The standard InChI is InChI=1S/C12H23F3OSi/c1-12(2,3)17(4,5)16-11-9(14)6-8(13)7-10(11)15/h8-11H,6-7H2,1-5H3/t8?,9-,10+,11?. The van der Waals surface area contributed by atoms with Crippen molar-refractivity contribution >= 4 is 8.32 Å². The number of rotatable bonds is 2. The first-order valence-corrected chi connectivity index (χ1v) is 9.05. The van der Waals surface area contributed by atoms with Crippen molar-refractivity contribution in [2.45, 2.75) is 76.4 Å². The van der Waals surface area contributed by atoms with Gasteiger partial charge in [-0.2, -0.15) is 0 Å². The molecule has 2 unspecified atom stereocenters. The molecule has 1 saturated carbocycles. The highest BCUT2D eigenvalue weighted by molar-refractivity contribution is 6.74. The lowest BCUT2D eigenvalue weighted by Gasteiger charge is -2.42. The van der Waals surface area contributed by atoms with Gasteiger partial charge in [0.1, 0.15) is 24.6 Å². The van der Waals surface area contributed by atoms with Crippen LogP contribution in [0.15, 0.2) is 0 Å². The maximum absolute atomic E-state index is 13.7. The van der Waals surface area contributed by atoms with Crippen LogP contribution in [-0.2, 0) is 4.43 Å². The van der Waals surface area contributed by atoms with Crippen molar-refractivity contribution in [2.24, 2.45) is 0 Å². The Kier molecular flexibility index (Phi) is 4.35. The molecule has 0 aliphatic heterocycles. The molecule has 0 N–H and O–H groups in total. The van der Waals surface area contributed by atoms with Gasteiger partial charge in [-0.1, -0.05) is 20.8 Å². The van der Waals surface area contributed by atoms with Crippen LogP contribution in [0.3, 0.4) is 0 Å². The van der Waals surface area contributed by atoms with Crippen LogP contribution in [0, 0.1) is 0 Å². The average Bonchev–Trinajstić information content (AvgIpc) is 2.09. The minimum absolute atomic E-state index is 0.0982. The molecule has 0 aromatic rings. The van der Waals surface area contributed by atoms with Gasteiger partial charge >= 0.3 is 0 Å². The van der Waals surface area contributed by atoms with Gasteiger partial charge in [0, 0.05) is 12.8 Å². The van der Waals surface area contributed by atoms with Gasteiger partial charge < -0.3 is 4.43 Å². The fraction of sp³-hybridized carbons (Fsp3) is 1.00. The Hall–Kier alpha value is -0.0331. The zero-order valence-corrected chi connectivity index (χ0v) is 12.3. The summed E-state index contributed by atoms with van der Waals surface area (Å²) in [6, 6.07) is 0. The molecule has 1 aliphatic carbocycles. The number of hydrogen-bond donors (Lipinski definition) is 0. The lowest BCUT2D eigenvalue weighted by Crippen LogP contribution is -2.52. The van der Waals surface area contributed by atoms with Crippen molar-refractivity contribution in [3.63, 3.8) is 0 Å². The molecule has 5 heteroatoms. The first kappa shape index (κ1) is 15.0. The highest BCUT2D eigenvalue weighted by Crippen LogP contribution is 2.40. The van der Waals surface area contributed by atoms with Crippen molar-refractivity contribution in [2.75, 3.05) is 0 Å². The monoisotopic (exact) mass is 268 g/mol. The van der Waals surface area contributed by atoms with Crippen molar-refractivity contribution < 1.29 is 17.6 Å². The Bertz CT molecular complexity index is 253. The maximum Gasteiger partial charge on any atom is 0.192 e. The molecule has 0 heterocycles. The molecule has 0 saturated heterocycles. The summed E-state index contributed by atoms with van der Waals surface area (Å²) in [6.07, 6.45) is -5.98. The maximum atomic E-state index is 13.7. The van der Waals surface area contributed by atoms with Crippen molar-refractivity contribution in [3.8, 4) is 0 Å². The van der Waals surface area contributed by atoms with Crippen LogP contribution in [0.5, 0.6) is 0 Å². The van der Waals surface area contributed by atoms with Crippen molar-refractivity contribution in [1.82, 2.24) is 0 Å². The third-order valence-corrected chi connectivity index (χ3v) is 8.39. The van der Waals surface area contributed by atoms with Gasteiger partial charge in [-0.05, 0) is 18.1 Å². The minimum Gasteiger partial charge on any atom is -0.408 e. The highest BCUT2D eigenvalue weighted by atomic mass is 28.4. The van der Waals surface area contributed by atoms with E-state index in [1.807, 2.05) is 33.9 Å². The Morgan fingerprint density at radius 3 is 1.76 bits per heavy atom. The van der Waals surface area contributed by atoms with Crippen LogP contribution < -0.4 is 0 Å². The summed E-state index contributed by atoms with van der Waals surface area (Å²) in [5.74, 6) is 0. The van der Waals surface area contributed by atoms with Gasteiger partial charge in [-0.3, -0.25) is 0 Å². The van der Waals surface area contributed by atoms with E-state index in [9.17, 15) is 13.2 Å². The largest absolute Gasteiger partial charge is 0.408 e. The van der Waals surface area contributed by atoms with Crippen LogP contribution in [0.4, 0.5) is 13.2 Å². The molecule has 0 aromatic heterocycles. The minimum atomic E-state index is -2.20. The quantitative estimate of drug-likeness (QED) is 0.682. The fourth-order valence-electron chi connectivity index (χ4n) is 1.74. The summed E-state index contributed by atoms with van der Waals surface area (Å²) in [7, 11) is -2.20. The van der Waals surface area contributed by atoms with E-state index in [0.29, 0.717) is 0 Å². The summed E-state index contributed by atoms with van der Waals surface area (Å²) in [5, 5.41) is -0.0982. The first-order valence-electron chi connectivity index (χ1n) is 6.14. The van der Waals surface area contributed by atoms with Crippen molar-refractivity contribution in [1.29, 1.82) is 0 Å². The van der Waals surface area contributed by atoms with Crippen molar-refractivity contribution in [3.05, 3.63) is 0 Å². The predicted molar refractivity (Wildman–Crippen MR) is 66.0 cm³/mol. The second-order valence-electron chi connectivity index (χ2n) is 6.44. The summed E-state index contributed by atoms with van der Waals surface area (Å²) >= 11 is 0.